The molecule has 134 valence electrons. The zero-order valence-electron chi connectivity index (χ0n) is 14.5. The lowest BCUT2D eigenvalue weighted by Gasteiger charge is -2.02. The number of unbranched alkanes of at least 4 members (excludes halogenated alkanes) is 11. The summed E-state index contributed by atoms with van der Waals surface area (Å²) in [6.45, 7) is 0. The Hall–Kier alpha value is -1.32. The normalized spacial score (nSPS) is 11.1. The van der Waals surface area contributed by atoms with E-state index in [0.29, 0.717) is 12.8 Å². The highest BCUT2D eigenvalue weighted by Crippen LogP contribution is 2.12. The van der Waals surface area contributed by atoms with Crippen LogP contribution in [-0.2, 0) is 9.59 Å². The van der Waals surface area contributed by atoms with Crippen molar-refractivity contribution in [1.82, 2.24) is 0 Å². The zero-order chi connectivity index (χ0) is 17.2. The van der Waals surface area contributed by atoms with E-state index in [0.717, 1.165) is 19.3 Å². The molecule has 0 rings (SSSR count). The van der Waals surface area contributed by atoms with E-state index >= 15 is 0 Å². The molecule has 0 atom stereocenters. The third-order valence-electron chi connectivity index (χ3n) is 3.95. The van der Waals surface area contributed by atoms with E-state index in [1.807, 2.05) is 6.08 Å². The Bertz CT molecular complexity index is 323. The Kier molecular flexibility index (Phi) is 16.1. The molecule has 0 fully saturated rings. The average molecular weight is 326 g/mol. The standard InChI is InChI=1S/C19H34O4/c20-18(21)16-14-12-10-8-6-4-2-1-3-5-7-9-11-13-15-17-19(22)23/h10,12H,1-9,11,13-17H2,(H,20,21)(H,22,23)/b12-10-. The van der Waals surface area contributed by atoms with Crippen LogP contribution in [0.3, 0.4) is 0 Å². The maximum atomic E-state index is 10.3. The largest absolute Gasteiger partial charge is 0.481 e. The second-order valence-electron chi connectivity index (χ2n) is 6.23. The molecule has 0 aromatic rings. The van der Waals surface area contributed by atoms with Crippen LogP contribution in [0.1, 0.15) is 96.3 Å². The van der Waals surface area contributed by atoms with Crippen LogP contribution >= 0.6 is 0 Å². The Morgan fingerprint density at radius 1 is 0.522 bits per heavy atom. The van der Waals surface area contributed by atoms with Gasteiger partial charge in [-0.25, -0.2) is 0 Å². The van der Waals surface area contributed by atoms with Crippen molar-refractivity contribution in [2.45, 2.75) is 96.3 Å². The van der Waals surface area contributed by atoms with Crippen molar-refractivity contribution in [3.63, 3.8) is 0 Å². The summed E-state index contributed by atoms with van der Waals surface area (Å²) in [6, 6.07) is 0. The number of allylic oxidation sites excluding steroid dienone is 2. The summed E-state index contributed by atoms with van der Waals surface area (Å²) >= 11 is 0. The number of carboxylic acid groups (broad SMARTS) is 2. The fourth-order valence-corrected chi connectivity index (χ4v) is 2.57. The number of carbonyl (C=O) groups is 2. The summed E-state index contributed by atoms with van der Waals surface area (Å²) in [4.78, 5) is 20.7. The quantitative estimate of drug-likeness (QED) is 0.271. The molecule has 2 N–H and O–H groups in total. The lowest BCUT2D eigenvalue weighted by molar-refractivity contribution is -0.138. The molecule has 0 radical (unpaired) electrons. The van der Waals surface area contributed by atoms with Gasteiger partial charge in [-0.15, -0.1) is 0 Å². The van der Waals surface area contributed by atoms with Crippen molar-refractivity contribution in [3.8, 4) is 0 Å². The minimum atomic E-state index is -0.727. The van der Waals surface area contributed by atoms with Crippen molar-refractivity contribution in [1.29, 1.82) is 0 Å². The molecule has 0 aliphatic rings. The number of hydrogen-bond donors (Lipinski definition) is 2. The van der Waals surface area contributed by atoms with Crippen LogP contribution in [0.25, 0.3) is 0 Å². The third kappa shape index (κ3) is 20.7. The lowest BCUT2D eigenvalue weighted by Crippen LogP contribution is -1.93. The van der Waals surface area contributed by atoms with Crippen LogP contribution < -0.4 is 0 Å². The van der Waals surface area contributed by atoms with Gasteiger partial charge in [-0.1, -0.05) is 69.9 Å². The molecule has 0 saturated carbocycles. The molecule has 0 aliphatic carbocycles. The summed E-state index contributed by atoms with van der Waals surface area (Å²) in [5.74, 6) is -1.41. The fourth-order valence-electron chi connectivity index (χ4n) is 2.57. The summed E-state index contributed by atoms with van der Waals surface area (Å²) in [6.07, 6.45) is 19.6. The maximum Gasteiger partial charge on any atom is 0.303 e. The van der Waals surface area contributed by atoms with Gasteiger partial charge in [-0.05, 0) is 25.7 Å². The number of hydrogen-bond acceptors (Lipinski definition) is 2. The first-order chi connectivity index (χ1) is 11.1. The molecule has 0 heterocycles. The molecular weight excluding hydrogens is 292 g/mol. The van der Waals surface area contributed by atoms with Gasteiger partial charge in [0.15, 0.2) is 0 Å². The highest BCUT2D eigenvalue weighted by atomic mass is 16.4. The molecule has 0 aliphatic heterocycles. The van der Waals surface area contributed by atoms with Gasteiger partial charge in [-0.3, -0.25) is 9.59 Å². The highest BCUT2D eigenvalue weighted by Gasteiger charge is 1.97. The van der Waals surface area contributed by atoms with Crippen molar-refractivity contribution in [3.05, 3.63) is 12.2 Å². The second kappa shape index (κ2) is 17.0. The second-order valence-corrected chi connectivity index (χ2v) is 6.23. The van der Waals surface area contributed by atoms with E-state index in [9.17, 15) is 9.59 Å². The van der Waals surface area contributed by atoms with Gasteiger partial charge in [0.25, 0.3) is 0 Å². The van der Waals surface area contributed by atoms with Crippen molar-refractivity contribution >= 4 is 11.9 Å². The SMILES string of the molecule is O=C(O)CC/C=C\CCCCCCCCCCCCCC(=O)O. The Balaban J connectivity index is 3.08. The lowest BCUT2D eigenvalue weighted by atomic mass is 10.0. The molecular formula is C19H34O4. The molecule has 0 aromatic heterocycles. The Labute approximate surface area is 141 Å². The molecule has 0 spiro atoms. The number of aliphatic carboxylic acids is 2. The molecule has 4 heteroatoms. The van der Waals surface area contributed by atoms with E-state index in [2.05, 4.69) is 6.08 Å². The van der Waals surface area contributed by atoms with Crippen LogP contribution in [0.2, 0.25) is 0 Å². The number of carboxylic acids is 2. The van der Waals surface area contributed by atoms with Crippen molar-refractivity contribution in [2.75, 3.05) is 0 Å². The summed E-state index contributed by atoms with van der Waals surface area (Å²) in [5, 5.41) is 17.0. The van der Waals surface area contributed by atoms with Gasteiger partial charge in [0.05, 0.1) is 0 Å². The molecule has 0 bridgehead atoms. The van der Waals surface area contributed by atoms with Gasteiger partial charge in [0.2, 0.25) is 0 Å². The first kappa shape index (κ1) is 21.7. The average Bonchev–Trinajstić information content (AvgIpc) is 2.49. The topological polar surface area (TPSA) is 74.6 Å². The van der Waals surface area contributed by atoms with E-state index in [-0.39, 0.29) is 6.42 Å². The predicted octanol–water partition coefficient (Wildman–Crippen LogP) is 5.56. The van der Waals surface area contributed by atoms with E-state index in [1.54, 1.807) is 0 Å². The third-order valence-corrected chi connectivity index (χ3v) is 3.95. The Morgan fingerprint density at radius 3 is 1.39 bits per heavy atom. The van der Waals surface area contributed by atoms with Gasteiger partial charge >= 0.3 is 11.9 Å². The van der Waals surface area contributed by atoms with Crippen LogP contribution in [0, 0.1) is 0 Å². The van der Waals surface area contributed by atoms with Gasteiger partial charge in [-0.2, -0.15) is 0 Å². The monoisotopic (exact) mass is 326 g/mol. The van der Waals surface area contributed by atoms with Crippen LogP contribution in [0.4, 0.5) is 0 Å². The van der Waals surface area contributed by atoms with Gasteiger partial charge in [0, 0.05) is 12.8 Å². The first-order valence-corrected chi connectivity index (χ1v) is 9.21. The molecule has 23 heavy (non-hydrogen) atoms. The number of rotatable bonds is 17. The van der Waals surface area contributed by atoms with Crippen molar-refractivity contribution in [2.24, 2.45) is 0 Å². The minimum absolute atomic E-state index is 0.232. The van der Waals surface area contributed by atoms with E-state index in [4.69, 9.17) is 10.2 Å². The fraction of sp³-hybridized carbons (Fsp3) is 0.789. The van der Waals surface area contributed by atoms with Gasteiger partial charge in [0.1, 0.15) is 0 Å². The van der Waals surface area contributed by atoms with Crippen LogP contribution in [0.5, 0.6) is 0 Å². The minimum Gasteiger partial charge on any atom is -0.481 e. The van der Waals surface area contributed by atoms with E-state index in [1.165, 1.54) is 57.8 Å². The molecule has 0 aromatic carbocycles. The highest BCUT2D eigenvalue weighted by molar-refractivity contribution is 5.66. The van der Waals surface area contributed by atoms with Crippen LogP contribution in [-0.4, -0.2) is 22.2 Å². The predicted molar refractivity (Wildman–Crippen MR) is 93.7 cm³/mol. The molecule has 0 unspecified atom stereocenters. The molecule has 0 saturated heterocycles. The summed E-state index contributed by atoms with van der Waals surface area (Å²) in [5.41, 5.74) is 0. The maximum absolute atomic E-state index is 10.3. The summed E-state index contributed by atoms with van der Waals surface area (Å²) in [7, 11) is 0. The Morgan fingerprint density at radius 2 is 0.913 bits per heavy atom. The van der Waals surface area contributed by atoms with Gasteiger partial charge < -0.3 is 10.2 Å². The zero-order valence-corrected chi connectivity index (χ0v) is 14.5. The van der Waals surface area contributed by atoms with Crippen molar-refractivity contribution < 1.29 is 19.8 Å². The molecule has 0 amide bonds. The van der Waals surface area contributed by atoms with E-state index < -0.39 is 11.9 Å². The first-order valence-electron chi connectivity index (χ1n) is 9.21. The van der Waals surface area contributed by atoms with Crippen LogP contribution in [0.15, 0.2) is 12.2 Å². The smallest absolute Gasteiger partial charge is 0.303 e. The summed E-state index contributed by atoms with van der Waals surface area (Å²) < 4.78 is 0. The molecule has 4 nitrogen and oxygen atoms in total.